The first-order valence-electron chi connectivity index (χ1n) is 3.79. The molecule has 0 aliphatic carbocycles. The number of alkyl halides is 1. The maximum atomic E-state index is 5.59. The molecule has 0 aliphatic heterocycles. The van der Waals surface area contributed by atoms with E-state index < -0.39 is 0 Å². The van der Waals surface area contributed by atoms with Crippen LogP contribution in [0, 0.1) is 0 Å². The summed E-state index contributed by atoms with van der Waals surface area (Å²) in [5, 5.41) is 3.87. The maximum Gasteiger partial charge on any atom is 0.152 e. The van der Waals surface area contributed by atoms with Crippen molar-refractivity contribution in [2.75, 3.05) is 0 Å². The maximum absolute atomic E-state index is 5.59. The molecule has 2 aromatic rings. The smallest absolute Gasteiger partial charge is 0.152 e. The van der Waals surface area contributed by atoms with Gasteiger partial charge in [0.05, 0.1) is 24.1 Å². The highest BCUT2D eigenvalue weighted by molar-refractivity contribution is 6.16. The topological polar surface area (TPSA) is 43.9 Å². The molecule has 0 saturated heterocycles. The van der Waals surface area contributed by atoms with Crippen LogP contribution < -0.4 is 0 Å². The van der Waals surface area contributed by atoms with Crippen LogP contribution in [0.15, 0.2) is 23.1 Å². The zero-order valence-electron chi connectivity index (χ0n) is 7.07. The number of nitrogens with zero attached hydrogens (tertiary/aromatic N) is 3. The monoisotopic (exact) mass is 197 g/mol. The normalized spacial score (nSPS) is 10.6. The highest BCUT2D eigenvalue weighted by Gasteiger charge is 2.08. The summed E-state index contributed by atoms with van der Waals surface area (Å²) >= 11 is 5.59. The van der Waals surface area contributed by atoms with E-state index in [-0.39, 0.29) is 0 Å². The summed E-state index contributed by atoms with van der Waals surface area (Å²) in [7, 11) is 1.90. The number of aryl methyl sites for hydroxylation is 1. The number of hydrogen-bond donors (Lipinski definition) is 0. The molecule has 0 amide bonds. The van der Waals surface area contributed by atoms with Crippen molar-refractivity contribution in [3.8, 4) is 11.4 Å². The Kier molecular flexibility index (Phi) is 2.06. The van der Waals surface area contributed by atoms with Crippen molar-refractivity contribution in [2.45, 2.75) is 5.88 Å². The third kappa shape index (κ3) is 1.45. The van der Waals surface area contributed by atoms with Gasteiger partial charge in [-0.15, -0.1) is 11.6 Å². The van der Waals surface area contributed by atoms with Gasteiger partial charge in [-0.1, -0.05) is 5.16 Å². The van der Waals surface area contributed by atoms with Gasteiger partial charge in [0.15, 0.2) is 5.76 Å². The lowest BCUT2D eigenvalue weighted by molar-refractivity contribution is 0.396. The van der Waals surface area contributed by atoms with Crippen LogP contribution in [-0.4, -0.2) is 14.7 Å². The summed E-state index contributed by atoms with van der Waals surface area (Å²) < 4.78 is 6.84. The molecular weight excluding hydrogens is 190 g/mol. The van der Waals surface area contributed by atoms with E-state index in [2.05, 4.69) is 10.1 Å². The predicted molar refractivity (Wildman–Crippen MR) is 48.3 cm³/mol. The van der Waals surface area contributed by atoms with Crippen LogP contribution in [-0.2, 0) is 12.9 Å². The summed E-state index contributed by atoms with van der Waals surface area (Å²) in [4.78, 5) is 3.98. The molecule has 13 heavy (non-hydrogen) atoms. The molecule has 0 atom stereocenters. The molecule has 4 nitrogen and oxygen atoms in total. The Morgan fingerprint density at radius 3 is 3.00 bits per heavy atom. The second-order valence-electron chi connectivity index (χ2n) is 2.70. The van der Waals surface area contributed by atoms with Gasteiger partial charge in [0.25, 0.3) is 0 Å². The number of halogens is 1. The average Bonchev–Trinajstić information content (AvgIpc) is 2.71. The molecular formula is C8H8ClN3O. The first-order chi connectivity index (χ1) is 6.31. The Morgan fingerprint density at radius 2 is 2.46 bits per heavy atom. The lowest BCUT2D eigenvalue weighted by Crippen LogP contribution is -1.88. The van der Waals surface area contributed by atoms with Crippen molar-refractivity contribution in [1.29, 1.82) is 0 Å². The molecule has 68 valence electrons. The molecule has 0 spiro atoms. The van der Waals surface area contributed by atoms with Gasteiger partial charge in [0.1, 0.15) is 5.69 Å². The second kappa shape index (κ2) is 3.22. The number of imidazole rings is 1. The Balaban J connectivity index is 2.41. The molecule has 0 radical (unpaired) electrons. The first kappa shape index (κ1) is 8.31. The lowest BCUT2D eigenvalue weighted by atomic mass is 10.3. The molecule has 0 fully saturated rings. The van der Waals surface area contributed by atoms with Gasteiger partial charge < -0.3 is 9.09 Å². The number of hydrogen-bond acceptors (Lipinski definition) is 3. The van der Waals surface area contributed by atoms with E-state index in [1.54, 1.807) is 12.5 Å². The first-order valence-corrected chi connectivity index (χ1v) is 4.33. The molecule has 2 heterocycles. The van der Waals surface area contributed by atoms with Gasteiger partial charge in [-0.2, -0.15) is 0 Å². The predicted octanol–water partition coefficient (Wildman–Crippen LogP) is 1.81. The van der Waals surface area contributed by atoms with E-state index in [4.69, 9.17) is 16.1 Å². The standard InChI is InChI=1S/C8H8ClN3O/c1-12-5-10-4-8(12)7-2-6(3-9)13-11-7/h2,4-5H,3H2,1H3. The van der Waals surface area contributed by atoms with Crippen molar-refractivity contribution in [3.63, 3.8) is 0 Å². The fourth-order valence-electron chi connectivity index (χ4n) is 1.10. The summed E-state index contributed by atoms with van der Waals surface area (Å²) in [6.45, 7) is 0. The molecule has 0 aliphatic rings. The van der Waals surface area contributed by atoms with E-state index in [0.29, 0.717) is 11.6 Å². The van der Waals surface area contributed by atoms with E-state index in [0.717, 1.165) is 11.4 Å². The third-order valence-corrected chi connectivity index (χ3v) is 2.03. The molecule has 2 aromatic heterocycles. The number of aromatic nitrogens is 3. The van der Waals surface area contributed by atoms with E-state index >= 15 is 0 Å². The van der Waals surface area contributed by atoms with Crippen LogP contribution in [0.25, 0.3) is 11.4 Å². The average molecular weight is 198 g/mol. The van der Waals surface area contributed by atoms with Gasteiger partial charge in [-0.05, 0) is 0 Å². The fraction of sp³-hybridized carbons (Fsp3) is 0.250. The summed E-state index contributed by atoms with van der Waals surface area (Å²) in [6, 6.07) is 1.81. The van der Waals surface area contributed by atoms with Crippen molar-refractivity contribution < 1.29 is 4.52 Å². The van der Waals surface area contributed by atoms with Gasteiger partial charge in [-0.3, -0.25) is 0 Å². The zero-order chi connectivity index (χ0) is 9.26. The summed E-state index contributed by atoms with van der Waals surface area (Å²) in [6.07, 6.45) is 3.44. The Morgan fingerprint density at radius 1 is 1.62 bits per heavy atom. The van der Waals surface area contributed by atoms with Gasteiger partial charge in [0.2, 0.25) is 0 Å². The minimum atomic E-state index is 0.338. The minimum Gasteiger partial charge on any atom is -0.359 e. The number of rotatable bonds is 2. The van der Waals surface area contributed by atoms with Crippen LogP contribution >= 0.6 is 11.6 Å². The van der Waals surface area contributed by atoms with Gasteiger partial charge >= 0.3 is 0 Å². The molecule has 0 aromatic carbocycles. The fourth-order valence-corrected chi connectivity index (χ4v) is 1.23. The van der Waals surface area contributed by atoms with Crippen molar-refractivity contribution in [3.05, 3.63) is 24.4 Å². The van der Waals surface area contributed by atoms with E-state index in [1.165, 1.54) is 0 Å². The van der Waals surface area contributed by atoms with Crippen LogP contribution in [0.1, 0.15) is 5.76 Å². The van der Waals surface area contributed by atoms with Gasteiger partial charge in [0, 0.05) is 13.1 Å². The SMILES string of the molecule is Cn1cncc1-c1cc(CCl)on1. The van der Waals surface area contributed by atoms with Crippen molar-refractivity contribution >= 4 is 11.6 Å². The molecule has 5 heteroatoms. The quantitative estimate of drug-likeness (QED) is 0.690. The van der Waals surface area contributed by atoms with Crippen molar-refractivity contribution in [1.82, 2.24) is 14.7 Å². The van der Waals surface area contributed by atoms with Crippen LogP contribution in [0.3, 0.4) is 0 Å². The Labute approximate surface area is 80.1 Å². The van der Waals surface area contributed by atoms with Crippen LogP contribution in [0.4, 0.5) is 0 Å². The molecule has 0 saturated carbocycles. The Hall–Kier alpha value is -1.29. The van der Waals surface area contributed by atoms with Crippen LogP contribution in [0.2, 0.25) is 0 Å². The lowest BCUT2D eigenvalue weighted by Gasteiger charge is -1.93. The zero-order valence-corrected chi connectivity index (χ0v) is 7.82. The largest absolute Gasteiger partial charge is 0.359 e. The summed E-state index contributed by atoms with van der Waals surface area (Å²) in [5.41, 5.74) is 1.68. The highest BCUT2D eigenvalue weighted by atomic mass is 35.5. The van der Waals surface area contributed by atoms with Crippen LogP contribution in [0.5, 0.6) is 0 Å². The molecule has 0 bridgehead atoms. The highest BCUT2D eigenvalue weighted by Crippen LogP contribution is 2.18. The third-order valence-electron chi connectivity index (χ3n) is 1.77. The van der Waals surface area contributed by atoms with Gasteiger partial charge in [-0.25, -0.2) is 4.98 Å². The van der Waals surface area contributed by atoms with E-state index in [1.807, 2.05) is 17.7 Å². The molecule has 2 rings (SSSR count). The Bertz CT molecular complexity index is 407. The minimum absolute atomic E-state index is 0.338. The van der Waals surface area contributed by atoms with Crippen molar-refractivity contribution in [2.24, 2.45) is 7.05 Å². The second-order valence-corrected chi connectivity index (χ2v) is 2.97. The molecule has 0 N–H and O–H groups in total. The summed E-state index contributed by atoms with van der Waals surface area (Å²) in [5.74, 6) is 1.00. The van der Waals surface area contributed by atoms with E-state index in [9.17, 15) is 0 Å². The molecule has 0 unspecified atom stereocenters.